The van der Waals surface area contributed by atoms with Gasteiger partial charge in [0.25, 0.3) is 11.8 Å². The Labute approximate surface area is 116 Å². The van der Waals surface area contributed by atoms with E-state index in [9.17, 15) is 14.7 Å². The Hall–Kier alpha value is -1.92. The van der Waals surface area contributed by atoms with Crippen molar-refractivity contribution in [2.24, 2.45) is 0 Å². The highest BCUT2D eigenvalue weighted by molar-refractivity contribution is 5.98. The highest BCUT2D eigenvalue weighted by Crippen LogP contribution is 2.26. The first kappa shape index (κ1) is 14.5. The zero-order chi connectivity index (χ0) is 14.5. The Morgan fingerprint density at radius 1 is 1.30 bits per heavy atom. The van der Waals surface area contributed by atoms with Crippen LogP contribution in [0.4, 0.5) is 0 Å². The molecule has 1 unspecified atom stereocenters. The van der Waals surface area contributed by atoms with Crippen LogP contribution < -0.4 is 4.74 Å². The van der Waals surface area contributed by atoms with Crippen molar-refractivity contribution in [3.63, 3.8) is 0 Å². The predicted molar refractivity (Wildman–Crippen MR) is 70.1 cm³/mol. The number of nitrogens with zero attached hydrogens (tertiary/aromatic N) is 1. The van der Waals surface area contributed by atoms with Gasteiger partial charge in [-0.3, -0.25) is 14.5 Å². The fourth-order valence-corrected chi connectivity index (χ4v) is 2.04. The van der Waals surface area contributed by atoms with Crippen molar-refractivity contribution in [3.05, 3.63) is 29.8 Å². The van der Waals surface area contributed by atoms with Crippen molar-refractivity contribution in [3.8, 4) is 5.75 Å². The summed E-state index contributed by atoms with van der Waals surface area (Å²) < 4.78 is 10.3. The predicted octanol–water partition coefficient (Wildman–Crippen LogP) is 0.504. The van der Waals surface area contributed by atoms with Crippen LogP contribution in [0.2, 0.25) is 0 Å². The number of benzene rings is 1. The molecule has 108 valence electrons. The maximum Gasteiger partial charge on any atom is 0.255 e. The van der Waals surface area contributed by atoms with Crippen LogP contribution in [0.25, 0.3) is 0 Å². The number of β-amino-alcohol motifs (C(OH)–C–C–N with tert-alkyl or cyclic N) is 1. The van der Waals surface area contributed by atoms with Gasteiger partial charge in [-0.25, -0.2) is 0 Å². The summed E-state index contributed by atoms with van der Waals surface area (Å²) in [5.74, 6) is -0.320. The molecule has 2 amide bonds. The molecule has 0 saturated carbocycles. The summed E-state index contributed by atoms with van der Waals surface area (Å²) >= 11 is 0. The third-order valence-corrected chi connectivity index (χ3v) is 2.99. The first-order chi connectivity index (χ1) is 9.63. The smallest absolute Gasteiger partial charge is 0.255 e. The van der Waals surface area contributed by atoms with Crippen molar-refractivity contribution >= 4 is 11.8 Å². The van der Waals surface area contributed by atoms with Gasteiger partial charge >= 0.3 is 0 Å². The molecular formula is C14H17NO5. The van der Waals surface area contributed by atoms with Crippen molar-refractivity contribution in [2.75, 3.05) is 26.4 Å². The van der Waals surface area contributed by atoms with Crippen LogP contribution >= 0.6 is 0 Å². The number of hydrogen-bond donors (Lipinski definition) is 1. The van der Waals surface area contributed by atoms with E-state index < -0.39 is 17.9 Å². The minimum atomic E-state index is -0.983. The molecule has 0 aromatic heterocycles. The van der Waals surface area contributed by atoms with Gasteiger partial charge in [0, 0.05) is 5.56 Å². The zero-order valence-corrected chi connectivity index (χ0v) is 11.2. The van der Waals surface area contributed by atoms with Gasteiger partial charge in [0.2, 0.25) is 0 Å². The average molecular weight is 279 g/mol. The van der Waals surface area contributed by atoms with Gasteiger partial charge in [0.05, 0.1) is 13.2 Å². The number of aliphatic hydroxyl groups excluding tert-OH is 1. The highest BCUT2D eigenvalue weighted by Gasteiger charge is 2.29. The Balaban J connectivity index is 2.13. The van der Waals surface area contributed by atoms with Crippen LogP contribution in [0.15, 0.2) is 24.3 Å². The third-order valence-electron chi connectivity index (χ3n) is 2.99. The zero-order valence-electron chi connectivity index (χ0n) is 11.2. The lowest BCUT2D eigenvalue weighted by Crippen LogP contribution is -2.47. The summed E-state index contributed by atoms with van der Waals surface area (Å²) in [6, 6.07) is 7.02. The van der Waals surface area contributed by atoms with Gasteiger partial charge in [-0.1, -0.05) is 18.2 Å². The lowest BCUT2D eigenvalue weighted by atomic mass is 10.1. The summed E-state index contributed by atoms with van der Waals surface area (Å²) in [7, 11) is 0. The van der Waals surface area contributed by atoms with Gasteiger partial charge in [-0.15, -0.1) is 0 Å². The fraction of sp³-hybridized carbons (Fsp3) is 0.429. The van der Waals surface area contributed by atoms with Gasteiger partial charge in [0.1, 0.15) is 25.1 Å². The monoisotopic (exact) mass is 279 g/mol. The molecule has 1 atom stereocenters. The number of morpholine rings is 1. The number of imide groups is 1. The number of rotatable bonds is 5. The van der Waals surface area contributed by atoms with Crippen LogP contribution in [0.3, 0.4) is 0 Å². The second-order valence-corrected chi connectivity index (χ2v) is 4.38. The third kappa shape index (κ3) is 3.15. The molecule has 20 heavy (non-hydrogen) atoms. The minimum absolute atomic E-state index is 0.0921. The standard InChI is InChI=1S/C14H17NO5/c1-2-20-12-6-4-3-5-10(12)11(16)7-15-13(17)8-19-9-14(15)18/h3-6,11,16H,2,7-9H2,1H3. The minimum Gasteiger partial charge on any atom is -0.493 e. The lowest BCUT2D eigenvalue weighted by molar-refractivity contribution is -0.160. The van der Waals surface area contributed by atoms with Gasteiger partial charge in [0.15, 0.2) is 0 Å². The van der Waals surface area contributed by atoms with Crippen LogP contribution in [0.1, 0.15) is 18.6 Å². The van der Waals surface area contributed by atoms with E-state index in [0.29, 0.717) is 17.9 Å². The lowest BCUT2D eigenvalue weighted by Gasteiger charge is -2.27. The SMILES string of the molecule is CCOc1ccccc1C(O)CN1C(=O)COCC1=O. The summed E-state index contributed by atoms with van der Waals surface area (Å²) in [6.07, 6.45) is -0.983. The summed E-state index contributed by atoms with van der Waals surface area (Å²) in [5, 5.41) is 10.2. The Bertz CT molecular complexity index is 486. The number of ether oxygens (including phenoxy) is 2. The van der Waals surface area contributed by atoms with Gasteiger partial charge in [-0.05, 0) is 13.0 Å². The molecule has 1 aromatic carbocycles. The molecule has 0 bridgehead atoms. The van der Waals surface area contributed by atoms with Crippen LogP contribution in [0.5, 0.6) is 5.75 Å². The molecule has 6 nitrogen and oxygen atoms in total. The number of amides is 2. The molecular weight excluding hydrogens is 262 g/mol. The molecule has 1 N–H and O–H groups in total. The molecule has 1 aromatic rings. The average Bonchev–Trinajstić information content (AvgIpc) is 2.44. The first-order valence-corrected chi connectivity index (χ1v) is 6.44. The van der Waals surface area contributed by atoms with E-state index in [2.05, 4.69) is 0 Å². The van der Waals surface area contributed by atoms with Gasteiger partial charge in [-0.2, -0.15) is 0 Å². The quantitative estimate of drug-likeness (QED) is 0.794. The first-order valence-electron chi connectivity index (χ1n) is 6.44. The summed E-state index contributed by atoms with van der Waals surface area (Å²) in [5.41, 5.74) is 0.557. The number of carbonyl (C=O) groups is 2. The molecule has 1 aliphatic rings. The molecule has 6 heteroatoms. The van der Waals surface area contributed by atoms with Crippen molar-refractivity contribution in [2.45, 2.75) is 13.0 Å². The second-order valence-electron chi connectivity index (χ2n) is 4.38. The molecule has 0 spiro atoms. The highest BCUT2D eigenvalue weighted by atomic mass is 16.5. The Morgan fingerprint density at radius 3 is 2.60 bits per heavy atom. The number of para-hydroxylation sites is 1. The number of hydrogen-bond acceptors (Lipinski definition) is 5. The van der Waals surface area contributed by atoms with E-state index in [1.165, 1.54) is 0 Å². The molecule has 1 saturated heterocycles. The summed E-state index contributed by atoms with van der Waals surface area (Å²) in [6.45, 7) is 1.96. The van der Waals surface area contributed by atoms with E-state index in [4.69, 9.17) is 9.47 Å². The van der Waals surface area contributed by atoms with E-state index >= 15 is 0 Å². The topological polar surface area (TPSA) is 76.1 Å². The van der Waals surface area contributed by atoms with Crippen molar-refractivity contribution in [1.29, 1.82) is 0 Å². The Kier molecular flexibility index (Phi) is 4.70. The molecule has 1 fully saturated rings. The van der Waals surface area contributed by atoms with E-state index in [-0.39, 0.29) is 19.8 Å². The largest absolute Gasteiger partial charge is 0.493 e. The number of carbonyl (C=O) groups excluding carboxylic acids is 2. The molecule has 2 rings (SSSR count). The molecule has 0 radical (unpaired) electrons. The van der Waals surface area contributed by atoms with Crippen LogP contribution in [0, 0.1) is 0 Å². The normalized spacial score (nSPS) is 17.2. The van der Waals surface area contributed by atoms with Crippen LogP contribution in [-0.4, -0.2) is 48.2 Å². The molecule has 1 aliphatic heterocycles. The maximum absolute atomic E-state index is 11.6. The van der Waals surface area contributed by atoms with Crippen molar-refractivity contribution < 1.29 is 24.2 Å². The van der Waals surface area contributed by atoms with E-state index in [1.807, 2.05) is 6.92 Å². The Morgan fingerprint density at radius 2 is 1.95 bits per heavy atom. The summed E-state index contributed by atoms with van der Waals surface area (Å²) in [4.78, 5) is 24.3. The maximum atomic E-state index is 11.6. The fourth-order valence-electron chi connectivity index (χ4n) is 2.04. The number of aliphatic hydroxyl groups is 1. The van der Waals surface area contributed by atoms with Crippen molar-refractivity contribution in [1.82, 2.24) is 4.90 Å². The molecule has 0 aliphatic carbocycles. The van der Waals surface area contributed by atoms with Gasteiger partial charge < -0.3 is 14.6 Å². The van der Waals surface area contributed by atoms with E-state index in [0.717, 1.165) is 4.90 Å². The van der Waals surface area contributed by atoms with E-state index in [1.54, 1.807) is 24.3 Å². The molecule has 1 heterocycles. The van der Waals surface area contributed by atoms with Crippen LogP contribution in [-0.2, 0) is 14.3 Å². The second kappa shape index (κ2) is 6.49.